The second-order valence-electron chi connectivity index (χ2n) is 4.98. The molecule has 1 saturated carbocycles. The van der Waals surface area contributed by atoms with E-state index in [4.69, 9.17) is 0 Å². The van der Waals surface area contributed by atoms with Crippen LogP contribution in [0.3, 0.4) is 0 Å². The molecule has 2 atom stereocenters. The molecule has 1 aromatic heterocycles. The maximum atomic E-state index is 13.5. The van der Waals surface area contributed by atoms with Crippen LogP contribution in [0.5, 0.6) is 0 Å². The number of hydrogen-bond donors (Lipinski definition) is 0. The molecule has 2 fully saturated rings. The first-order valence-electron chi connectivity index (χ1n) is 5.59. The minimum atomic E-state index is -2.48. The first kappa shape index (κ1) is 10.00. The van der Waals surface area contributed by atoms with E-state index >= 15 is 0 Å². The molecule has 86 valence electrons. The van der Waals surface area contributed by atoms with Crippen molar-refractivity contribution >= 4 is 5.82 Å². The number of alkyl halides is 2. The number of pyridine rings is 1. The largest absolute Gasteiger partial charge is 0.356 e. The molecule has 4 heteroatoms. The van der Waals surface area contributed by atoms with Crippen molar-refractivity contribution in [1.82, 2.24) is 4.98 Å². The van der Waals surface area contributed by atoms with Crippen LogP contribution in [-0.2, 0) is 0 Å². The Hall–Kier alpha value is -1.19. The van der Waals surface area contributed by atoms with Gasteiger partial charge in [-0.05, 0) is 18.6 Å². The van der Waals surface area contributed by atoms with Crippen LogP contribution < -0.4 is 4.90 Å². The van der Waals surface area contributed by atoms with Gasteiger partial charge in [0.1, 0.15) is 5.82 Å². The summed E-state index contributed by atoms with van der Waals surface area (Å²) in [6.07, 6.45) is 2.26. The lowest BCUT2D eigenvalue weighted by Gasteiger charge is -2.29. The Labute approximate surface area is 93.3 Å². The van der Waals surface area contributed by atoms with Crippen molar-refractivity contribution < 1.29 is 8.78 Å². The lowest BCUT2D eigenvalue weighted by atomic mass is 9.97. The highest BCUT2D eigenvalue weighted by Gasteiger charge is 2.78. The number of hydrogen-bond acceptors (Lipinski definition) is 2. The molecule has 1 aliphatic heterocycles. The molecule has 0 bridgehead atoms. The topological polar surface area (TPSA) is 16.1 Å². The molecule has 1 saturated heterocycles. The van der Waals surface area contributed by atoms with Gasteiger partial charge in [0.2, 0.25) is 0 Å². The fraction of sp³-hybridized carbons (Fsp3) is 0.583. The standard InChI is InChI=1S/C12H14F2N2/c1-11-5-7-16(8-9(11)12(11,13)14)10-4-2-3-6-15-10/h2-4,6,9H,5,7-8H2,1H3/t9-,11-/m0/s1. The third-order valence-corrected chi connectivity index (χ3v) is 4.16. The van der Waals surface area contributed by atoms with Crippen LogP contribution in [0.2, 0.25) is 0 Å². The van der Waals surface area contributed by atoms with Crippen LogP contribution in [0, 0.1) is 11.3 Å². The zero-order valence-electron chi connectivity index (χ0n) is 9.16. The van der Waals surface area contributed by atoms with Gasteiger partial charge in [-0.3, -0.25) is 0 Å². The Morgan fingerprint density at radius 3 is 2.88 bits per heavy atom. The van der Waals surface area contributed by atoms with Crippen molar-refractivity contribution in [1.29, 1.82) is 0 Å². The molecule has 0 amide bonds. The van der Waals surface area contributed by atoms with Gasteiger partial charge < -0.3 is 4.90 Å². The highest BCUT2D eigenvalue weighted by atomic mass is 19.3. The SMILES string of the molecule is C[C@]12CCN(c3ccccn3)C[C@@H]1C2(F)F. The van der Waals surface area contributed by atoms with Crippen LogP contribution in [0.25, 0.3) is 0 Å². The average Bonchev–Trinajstić information content (AvgIpc) is 2.74. The van der Waals surface area contributed by atoms with Gasteiger partial charge in [-0.15, -0.1) is 0 Å². The van der Waals surface area contributed by atoms with Gasteiger partial charge >= 0.3 is 0 Å². The van der Waals surface area contributed by atoms with Gasteiger partial charge in [0.05, 0.1) is 5.92 Å². The molecule has 0 N–H and O–H groups in total. The number of fused-ring (bicyclic) bond motifs is 1. The Balaban J connectivity index is 1.80. The number of halogens is 2. The third kappa shape index (κ3) is 1.13. The Bertz CT molecular complexity index is 407. The predicted octanol–water partition coefficient (Wildman–Crippen LogP) is 2.56. The summed E-state index contributed by atoms with van der Waals surface area (Å²) in [5.41, 5.74) is -0.752. The molecule has 2 aliphatic rings. The van der Waals surface area contributed by atoms with E-state index in [1.807, 2.05) is 23.1 Å². The van der Waals surface area contributed by atoms with Gasteiger partial charge in [-0.1, -0.05) is 13.0 Å². The first-order chi connectivity index (χ1) is 7.56. The number of aromatic nitrogens is 1. The van der Waals surface area contributed by atoms with E-state index in [0.717, 1.165) is 5.82 Å². The van der Waals surface area contributed by atoms with E-state index in [2.05, 4.69) is 4.98 Å². The van der Waals surface area contributed by atoms with Crippen molar-refractivity contribution in [2.24, 2.45) is 11.3 Å². The molecule has 1 aliphatic carbocycles. The molecule has 2 nitrogen and oxygen atoms in total. The fourth-order valence-electron chi connectivity index (χ4n) is 2.76. The molecule has 0 unspecified atom stereocenters. The van der Waals surface area contributed by atoms with Gasteiger partial charge in [0.25, 0.3) is 5.92 Å². The van der Waals surface area contributed by atoms with Crippen LogP contribution in [0.15, 0.2) is 24.4 Å². The lowest BCUT2D eigenvalue weighted by molar-refractivity contribution is 0.0636. The second-order valence-corrected chi connectivity index (χ2v) is 4.98. The average molecular weight is 224 g/mol. The van der Waals surface area contributed by atoms with Gasteiger partial charge in [0, 0.05) is 24.7 Å². The van der Waals surface area contributed by atoms with E-state index in [0.29, 0.717) is 19.5 Å². The Morgan fingerprint density at radius 2 is 2.25 bits per heavy atom. The van der Waals surface area contributed by atoms with E-state index in [-0.39, 0.29) is 0 Å². The molecular formula is C12H14F2N2. The third-order valence-electron chi connectivity index (χ3n) is 4.16. The molecule has 3 rings (SSSR count). The molecule has 16 heavy (non-hydrogen) atoms. The lowest BCUT2D eigenvalue weighted by Crippen LogP contribution is -2.34. The smallest absolute Gasteiger partial charge is 0.259 e. The minimum absolute atomic E-state index is 0.431. The Morgan fingerprint density at radius 1 is 1.44 bits per heavy atom. The van der Waals surface area contributed by atoms with Gasteiger partial charge in [-0.25, -0.2) is 13.8 Å². The minimum Gasteiger partial charge on any atom is -0.356 e. The summed E-state index contributed by atoms with van der Waals surface area (Å²) in [6.45, 7) is 2.81. The van der Waals surface area contributed by atoms with Crippen LogP contribution in [0.4, 0.5) is 14.6 Å². The molecule has 0 radical (unpaired) electrons. The van der Waals surface area contributed by atoms with Crippen LogP contribution >= 0.6 is 0 Å². The van der Waals surface area contributed by atoms with Crippen LogP contribution in [0.1, 0.15) is 13.3 Å². The summed E-state index contributed by atoms with van der Waals surface area (Å²) in [5, 5.41) is 0. The summed E-state index contributed by atoms with van der Waals surface area (Å²) < 4.78 is 27.1. The summed E-state index contributed by atoms with van der Waals surface area (Å²) in [6, 6.07) is 5.60. The molecule has 0 aromatic carbocycles. The number of piperidine rings is 1. The van der Waals surface area contributed by atoms with Crippen molar-refractivity contribution in [2.75, 3.05) is 18.0 Å². The van der Waals surface area contributed by atoms with Gasteiger partial charge in [-0.2, -0.15) is 0 Å². The maximum Gasteiger partial charge on any atom is 0.259 e. The van der Waals surface area contributed by atoms with Crippen LogP contribution in [-0.4, -0.2) is 24.0 Å². The number of anilines is 1. The van der Waals surface area contributed by atoms with Crippen molar-refractivity contribution in [3.05, 3.63) is 24.4 Å². The van der Waals surface area contributed by atoms with E-state index in [9.17, 15) is 8.78 Å². The van der Waals surface area contributed by atoms with Crippen molar-refractivity contribution in [3.63, 3.8) is 0 Å². The van der Waals surface area contributed by atoms with E-state index in [1.54, 1.807) is 13.1 Å². The normalized spacial score (nSPS) is 35.7. The van der Waals surface area contributed by atoms with E-state index in [1.165, 1.54) is 0 Å². The fourth-order valence-corrected chi connectivity index (χ4v) is 2.76. The molecule has 0 spiro atoms. The number of rotatable bonds is 1. The maximum absolute atomic E-state index is 13.5. The highest BCUT2D eigenvalue weighted by Crippen LogP contribution is 2.69. The summed E-state index contributed by atoms with van der Waals surface area (Å²) in [7, 11) is 0. The summed E-state index contributed by atoms with van der Waals surface area (Å²) >= 11 is 0. The molecule has 1 aromatic rings. The quantitative estimate of drug-likeness (QED) is 0.728. The predicted molar refractivity (Wildman–Crippen MR) is 57.6 cm³/mol. The van der Waals surface area contributed by atoms with Gasteiger partial charge in [0.15, 0.2) is 0 Å². The summed E-state index contributed by atoms with van der Waals surface area (Å²) in [5.74, 6) is -2.15. The zero-order valence-corrected chi connectivity index (χ0v) is 9.16. The second kappa shape index (κ2) is 2.93. The summed E-state index contributed by atoms with van der Waals surface area (Å²) in [4.78, 5) is 6.17. The van der Waals surface area contributed by atoms with E-state index < -0.39 is 17.3 Å². The molecular weight excluding hydrogens is 210 g/mol. The van der Waals surface area contributed by atoms with Crippen molar-refractivity contribution in [2.45, 2.75) is 19.3 Å². The monoisotopic (exact) mass is 224 g/mol. The Kier molecular flexibility index (Phi) is 1.83. The zero-order chi connectivity index (χ0) is 11.4. The first-order valence-corrected chi connectivity index (χ1v) is 5.59. The highest BCUT2D eigenvalue weighted by molar-refractivity contribution is 5.41. The number of nitrogens with zero attached hydrogens (tertiary/aromatic N) is 2. The molecule has 2 heterocycles. The van der Waals surface area contributed by atoms with Crippen molar-refractivity contribution in [3.8, 4) is 0 Å².